The van der Waals surface area contributed by atoms with Crippen LogP contribution in [-0.4, -0.2) is 105 Å². The van der Waals surface area contributed by atoms with E-state index in [-0.39, 0.29) is 41.9 Å². The van der Waals surface area contributed by atoms with Gasteiger partial charge in [0.15, 0.2) is 11.4 Å². The first kappa shape index (κ1) is 49.0. The Labute approximate surface area is 390 Å². The third-order valence-corrected chi connectivity index (χ3v) is 14.1. The number of rotatable bonds is 11. The van der Waals surface area contributed by atoms with Gasteiger partial charge in [-0.2, -0.15) is 0 Å². The van der Waals surface area contributed by atoms with Gasteiger partial charge in [-0.1, -0.05) is 80.6 Å². The molecule has 67 heavy (non-hydrogen) atoms. The Morgan fingerprint density at radius 1 is 0.866 bits per heavy atom. The number of hydrogen-bond donors (Lipinski definition) is 4. The van der Waals surface area contributed by atoms with Crippen molar-refractivity contribution in [3.05, 3.63) is 131 Å². The summed E-state index contributed by atoms with van der Waals surface area (Å²) in [4.78, 5) is 70.7. The second kappa shape index (κ2) is 18.3. The molecule has 4 aliphatic rings. The van der Waals surface area contributed by atoms with Crippen LogP contribution in [0.4, 0.5) is 4.79 Å². The fraction of sp³-hybridized carbons (Fsp3) is 0.481. The Bertz CT molecular complexity index is 2430. The lowest BCUT2D eigenvalue weighted by atomic mass is 9.44. The van der Waals surface area contributed by atoms with Crippen molar-refractivity contribution in [1.29, 1.82) is 0 Å². The largest absolute Gasteiger partial charge is 0.488 e. The van der Waals surface area contributed by atoms with E-state index in [1.165, 1.54) is 32.1 Å². The lowest BCUT2D eigenvalue weighted by molar-refractivity contribution is -0.345. The molecule has 3 aromatic carbocycles. The molecule has 0 aromatic heterocycles. The molecule has 1 aliphatic heterocycles. The molecule has 1 saturated heterocycles. The number of fused-ring (bicyclic) bond motifs is 5. The first-order valence-electron chi connectivity index (χ1n) is 22.5. The summed E-state index contributed by atoms with van der Waals surface area (Å²) in [5, 5.41) is 41.6. The summed E-state index contributed by atoms with van der Waals surface area (Å²) < 4.78 is 37.4. The maximum Gasteiger partial charge on any atom is 0.408 e. The maximum atomic E-state index is 15.7. The van der Waals surface area contributed by atoms with Gasteiger partial charge in [-0.3, -0.25) is 9.59 Å². The number of aliphatic hydroxyl groups excluding tert-OH is 2. The molecule has 11 atom stereocenters. The number of allylic oxidation sites excluding steroid dienone is 1. The van der Waals surface area contributed by atoms with Gasteiger partial charge in [0, 0.05) is 25.2 Å². The van der Waals surface area contributed by atoms with Gasteiger partial charge in [0.1, 0.15) is 53.6 Å². The summed E-state index contributed by atoms with van der Waals surface area (Å²) in [5.74, 6) is -4.88. The molecular weight excluding hydrogens is 863 g/mol. The molecule has 0 radical (unpaired) electrons. The number of esters is 3. The van der Waals surface area contributed by atoms with Crippen LogP contribution in [0.5, 0.6) is 0 Å². The van der Waals surface area contributed by atoms with Crippen LogP contribution >= 0.6 is 0 Å². The highest BCUT2D eigenvalue weighted by molar-refractivity contribution is 5.95. The van der Waals surface area contributed by atoms with Crippen LogP contribution in [0.15, 0.2) is 114 Å². The highest BCUT2D eigenvalue weighted by Gasteiger charge is 2.78. The Kier molecular flexibility index (Phi) is 13.4. The van der Waals surface area contributed by atoms with E-state index in [1.807, 2.05) is 0 Å². The van der Waals surface area contributed by atoms with Gasteiger partial charge in [-0.05, 0) is 88.6 Å². The number of Topliss-reactive ketones (excluding diaryl/α,β-unsaturated/α-hetero) is 1. The van der Waals surface area contributed by atoms with E-state index in [9.17, 15) is 34.5 Å². The molecule has 3 aliphatic carbocycles. The lowest BCUT2D eigenvalue weighted by Crippen LogP contribution is -2.82. The minimum atomic E-state index is -2.30. The number of aliphatic hydroxyl groups is 3. The van der Waals surface area contributed by atoms with Gasteiger partial charge < -0.3 is 49.1 Å². The van der Waals surface area contributed by atoms with Gasteiger partial charge in [0.25, 0.3) is 0 Å². The van der Waals surface area contributed by atoms with E-state index in [0.717, 1.165) is 0 Å². The average Bonchev–Trinajstić information content (AvgIpc) is 3.27. The van der Waals surface area contributed by atoms with Gasteiger partial charge in [-0.15, -0.1) is 0 Å². The fourth-order valence-corrected chi connectivity index (χ4v) is 10.8. The first-order chi connectivity index (χ1) is 31.5. The molecule has 2 bridgehead atoms. The fourth-order valence-electron chi connectivity index (χ4n) is 10.8. The topological polar surface area (TPSA) is 213 Å². The van der Waals surface area contributed by atoms with Crippen LogP contribution in [0, 0.1) is 16.7 Å². The highest BCUT2D eigenvalue weighted by atomic mass is 16.6. The molecule has 1 unspecified atom stereocenters. The smallest absolute Gasteiger partial charge is 0.408 e. The zero-order valence-electron chi connectivity index (χ0n) is 39.3. The van der Waals surface area contributed by atoms with Crippen LogP contribution in [-0.2, 0) is 38.0 Å². The lowest BCUT2D eigenvalue weighted by Gasteiger charge is -2.67. The number of ether oxygens (including phenoxy) is 6. The summed E-state index contributed by atoms with van der Waals surface area (Å²) in [6, 6.07) is 23.7. The van der Waals surface area contributed by atoms with Crippen molar-refractivity contribution in [3.8, 4) is 0 Å². The predicted octanol–water partition coefficient (Wildman–Crippen LogP) is 6.50. The van der Waals surface area contributed by atoms with E-state index >= 15 is 4.79 Å². The number of hydrogen-bond acceptors (Lipinski definition) is 14. The number of ketones is 1. The third kappa shape index (κ3) is 8.78. The number of amides is 1. The third-order valence-electron chi connectivity index (χ3n) is 14.1. The van der Waals surface area contributed by atoms with Crippen molar-refractivity contribution in [1.82, 2.24) is 5.32 Å². The Morgan fingerprint density at radius 3 is 1.93 bits per heavy atom. The number of nitrogens with one attached hydrogen (secondary N) is 1. The van der Waals surface area contributed by atoms with Gasteiger partial charge in [0.05, 0.1) is 35.1 Å². The van der Waals surface area contributed by atoms with E-state index in [2.05, 4.69) is 5.32 Å². The van der Waals surface area contributed by atoms with Crippen molar-refractivity contribution >= 4 is 29.8 Å². The van der Waals surface area contributed by atoms with Gasteiger partial charge in [0.2, 0.25) is 0 Å². The summed E-state index contributed by atoms with van der Waals surface area (Å²) in [6.07, 6.45) is -8.83. The van der Waals surface area contributed by atoms with Crippen LogP contribution in [0.25, 0.3) is 0 Å². The second-order valence-electron chi connectivity index (χ2n) is 19.7. The number of benzene rings is 3. The van der Waals surface area contributed by atoms with Crippen molar-refractivity contribution in [3.63, 3.8) is 0 Å². The molecule has 0 spiro atoms. The van der Waals surface area contributed by atoms with Crippen LogP contribution in [0.1, 0.15) is 107 Å². The van der Waals surface area contributed by atoms with Crippen molar-refractivity contribution < 1.29 is 67.7 Å². The molecule has 1 amide bonds. The summed E-state index contributed by atoms with van der Waals surface area (Å²) in [6.45, 7) is 14.0. The summed E-state index contributed by atoms with van der Waals surface area (Å²) >= 11 is 0. The Balaban J connectivity index is 1.40. The Hall–Kier alpha value is -5.87. The predicted molar refractivity (Wildman–Crippen MR) is 242 cm³/mol. The monoisotopic (exact) mass is 923 g/mol. The minimum absolute atomic E-state index is 0.0368. The summed E-state index contributed by atoms with van der Waals surface area (Å²) in [7, 11) is 0. The molecule has 3 fully saturated rings. The number of carbonyl (C=O) groups is 5. The van der Waals surface area contributed by atoms with Crippen LogP contribution in [0.2, 0.25) is 0 Å². The van der Waals surface area contributed by atoms with Gasteiger partial charge >= 0.3 is 24.0 Å². The molecule has 3 aromatic rings. The van der Waals surface area contributed by atoms with Crippen molar-refractivity contribution in [2.24, 2.45) is 16.7 Å². The standard InChI is InChI=1S/C52H61NO14/c1-10-34(40(55)39(31-20-14-11-15-21-31)53-47(60)67-48(4,5)6)63-35-27-52(61)44(65-46(59)33-24-18-13-19-25-33)42-50(9,43(57)41(56)38(29(35)2)49(52,7)8)36(64-45(58)32-22-16-12-17-23-32)26-37-51(42,28-62-37)66-30(3)54/h10-25,35-37,39-42,44,55-56,61H,26-28H2,1-9H3,(H,53,60)/b34-10-/t35-,36-,37+,39-,40-,41+,42?,44-,50+,51-,52+/m0/s1. The normalized spacial score (nSPS) is 30.9. The molecule has 1 heterocycles. The number of alkyl carbamates (subject to hydrolysis) is 1. The van der Waals surface area contributed by atoms with Gasteiger partial charge in [-0.25, -0.2) is 14.4 Å². The molecule has 2 saturated carbocycles. The van der Waals surface area contributed by atoms with E-state index in [1.54, 1.807) is 127 Å². The highest BCUT2D eigenvalue weighted by Crippen LogP contribution is 2.64. The van der Waals surface area contributed by atoms with Crippen LogP contribution < -0.4 is 5.32 Å². The second-order valence-corrected chi connectivity index (χ2v) is 19.7. The Morgan fingerprint density at radius 2 is 1.42 bits per heavy atom. The quantitative estimate of drug-likeness (QED) is 0.0700. The molecule has 15 nitrogen and oxygen atoms in total. The van der Waals surface area contributed by atoms with Crippen molar-refractivity contribution in [2.75, 3.05) is 6.61 Å². The molecular formula is C52H61NO14. The van der Waals surface area contributed by atoms with E-state index in [0.29, 0.717) is 11.1 Å². The zero-order valence-corrected chi connectivity index (χ0v) is 39.3. The minimum Gasteiger partial charge on any atom is -0.488 e. The van der Waals surface area contributed by atoms with E-state index in [4.69, 9.17) is 28.4 Å². The number of carbonyl (C=O) groups excluding carboxylic acids is 5. The molecule has 4 N–H and O–H groups in total. The molecule has 7 rings (SSSR count). The van der Waals surface area contributed by atoms with E-state index < -0.39 is 106 Å². The molecule has 15 heteroatoms. The summed E-state index contributed by atoms with van der Waals surface area (Å²) in [5.41, 5.74) is -7.44. The average molecular weight is 924 g/mol. The first-order valence-corrected chi connectivity index (χ1v) is 22.5. The van der Waals surface area contributed by atoms with Crippen molar-refractivity contribution in [2.45, 2.75) is 135 Å². The SMILES string of the molecule is C/C=C(\O[C@H]1C[C@@]2(O)[C@@H](OC(=O)c3ccccc3)C3[C@](C)(C(=O)[C@H](O)C(=C1C)C2(C)C)[C@@H](OC(=O)c1ccccc1)C[C@H]1OC[C@@]31OC(C)=O)[C@H](O)[C@@H](NC(=O)OC(C)(C)C)c1ccccc1. The maximum absolute atomic E-state index is 15.7. The zero-order chi connectivity index (χ0) is 48.9. The van der Waals surface area contributed by atoms with Crippen LogP contribution in [0.3, 0.4) is 0 Å². The molecule has 358 valence electrons.